The first-order chi connectivity index (χ1) is 8.54. The molecule has 0 saturated carbocycles. The molecule has 0 bridgehead atoms. The Labute approximate surface area is 106 Å². The Morgan fingerprint density at radius 2 is 2.11 bits per heavy atom. The van der Waals surface area contributed by atoms with Gasteiger partial charge in [0, 0.05) is 12.4 Å². The van der Waals surface area contributed by atoms with Crippen molar-refractivity contribution in [2.24, 2.45) is 5.92 Å². The van der Waals surface area contributed by atoms with Crippen LogP contribution in [0.15, 0.2) is 18.6 Å². The smallest absolute Gasteiger partial charge is 0.328 e. The summed E-state index contributed by atoms with van der Waals surface area (Å²) in [7, 11) is 1.30. The summed E-state index contributed by atoms with van der Waals surface area (Å²) < 4.78 is 4.66. The first-order valence-electron chi connectivity index (χ1n) is 5.69. The van der Waals surface area contributed by atoms with E-state index in [-0.39, 0.29) is 11.6 Å². The van der Waals surface area contributed by atoms with Crippen molar-refractivity contribution >= 4 is 11.9 Å². The zero-order chi connectivity index (χ0) is 13.5. The molecule has 1 atom stereocenters. The molecular weight excluding hydrogens is 234 g/mol. The van der Waals surface area contributed by atoms with Gasteiger partial charge in [0.15, 0.2) is 0 Å². The first-order valence-corrected chi connectivity index (χ1v) is 5.69. The normalized spacial score (nSPS) is 12.0. The second kappa shape index (κ2) is 6.68. The molecule has 6 heteroatoms. The van der Waals surface area contributed by atoms with E-state index in [0.29, 0.717) is 6.42 Å². The zero-order valence-corrected chi connectivity index (χ0v) is 10.7. The lowest BCUT2D eigenvalue weighted by molar-refractivity contribution is -0.143. The van der Waals surface area contributed by atoms with Gasteiger partial charge in [-0.25, -0.2) is 9.78 Å². The Kier molecular flexibility index (Phi) is 5.23. The van der Waals surface area contributed by atoms with Crippen LogP contribution in [-0.4, -0.2) is 35.0 Å². The van der Waals surface area contributed by atoms with Crippen LogP contribution in [0, 0.1) is 5.92 Å². The van der Waals surface area contributed by atoms with Crippen LogP contribution in [0.1, 0.15) is 30.8 Å². The fraction of sp³-hybridized carbons (Fsp3) is 0.500. The van der Waals surface area contributed by atoms with Gasteiger partial charge in [0.2, 0.25) is 0 Å². The fourth-order valence-corrected chi connectivity index (χ4v) is 1.48. The van der Waals surface area contributed by atoms with Crippen molar-refractivity contribution in [2.45, 2.75) is 26.3 Å². The van der Waals surface area contributed by atoms with Crippen molar-refractivity contribution in [3.63, 3.8) is 0 Å². The Balaban J connectivity index is 2.71. The van der Waals surface area contributed by atoms with Gasteiger partial charge in [-0.1, -0.05) is 13.8 Å². The second-order valence-corrected chi connectivity index (χ2v) is 4.27. The largest absolute Gasteiger partial charge is 0.467 e. The maximum atomic E-state index is 11.8. The van der Waals surface area contributed by atoms with E-state index in [0.717, 1.165) is 0 Å². The van der Waals surface area contributed by atoms with Gasteiger partial charge >= 0.3 is 5.97 Å². The molecule has 0 fully saturated rings. The van der Waals surface area contributed by atoms with Gasteiger partial charge in [0.05, 0.1) is 13.3 Å². The number of aromatic nitrogens is 2. The summed E-state index contributed by atoms with van der Waals surface area (Å²) >= 11 is 0. The van der Waals surface area contributed by atoms with Crippen LogP contribution in [-0.2, 0) is 9.53 Å². The minimum absolute atomic E-state index is 0.176. The van der Waals surface area contributed by atoms with E-state index in [1.165, 1.54) is 25.7 Å². The Morgan fingerprint density at radius 1 is 1.39 bits per heavy atom. The molecule has 0 radical (unpaired) electrons. The van der Waals surface area contributed by atoms with Crippen LogP contribution in [0.2, 0.25) is 0 Å². The molecule has 1 rings (SSSR count). The fourth-order valence-electron chi connectivity index (χ4n) is 1.48. The number of carbonyl (C=O) groups is 2. The molecule has 18 heavy (non-hydrogen) atoms. The predicted molar refractivity (Wildman–Crippen MR) is 64.8 cm³/mol. The maximum Gasteiger partial charge on any atom is 0.328 e. The van der Waals surface area contributed by atoms with E-state index < -0.39 is 17.9 Å². The minimum Gasteiger partial charge on any atom is -0.467 e. The SMILES string of the molecule is COC(=O)C(CC(C)C)NC(=O)c1cnccn1. The molecule has 1 aromatic rings. The van der Waals surface area contributed by atoms with Crippen molar-refractivity contribution in [1.82, 2.24) is 15.3 Å². The molecule has 0 saturated heterocycles. The molecule has 1 N–H and O–H groups in total. The van der Waals surface area contributed by atoms with Gasteiger partial charge in [-0.2, -0.15) is 0 Å². The zero-order valence-electron chi connectivity index (χ0n) is 10.7. The van der Waals surface area contributed by atoms with Crippen molar-refractivity contribution in [1.29, 1.82) is 0 Å². The highest BCUT2D eigenvalue weighted by atomic mass is 16.5. The standard InChI is InChI=1S/C12H17N3O3/c1-8(2)6-9(12(17)18-3)15-11(16)10-7-13-4-5-14-10/h4-5,7-9H,6H2,1-3H3,(H,15,16). The van der Waals surface area contributed by atoms with Gasteiger partial charge in [-0.3, -0.25) is 9.78 Å². The number of ether oxygens (including phenoxy) is 1. The Morgan fingerprint density at radius 3 is 2.61 bits per heavy atom. The van der Waals surface area contributed by atoms with Crippen LogP contribution >= 0.6 is 0 Å². The van der Waals surface area contributed by atoms with E-state index in [9.17, 15) is 9.59 Å². The van der Waals surface area contributed by atoms with Crippen LogP contribution in [0.4, 0.5) is 0 Å². The van der Waals surface area contributed by atoms with Gasteiger partial charge in [-0.05, 0) is 12.3 Å². The molecule has 6 nitrogen and oxygen atoms in total. The highest BCUT2D eigenvalue weighted by Crippen LogP contribution is 2.07. The second-order valence-electron chi connectivity index (χ2n) is 4.27. The monoisotopic (exact) mass is 251 g/mol. The van der Waals surface area contributed by atoms with Crippen LogP contribution in [0.3, 0.4) is 0 Å². The molecule has 1 heterocycles. The number of nitrogens with one attached hydrogen (secondary N) is 1. The number of carbonyl (C=O) groups excluding carboxylic acids is 2. The number of hydrogen-bond acceptors (Lipinski definition) is 5. The van der Waals surface area contributed by atoms with E-state index in [4.69, 9.17) is 0 Å². The van der Waals surface area contributed by atoms with Crippen molar-refractivity contribution < 1.29 is 14.3 Å². The van der Waals surface area contributed by atoms with Gasteiger partial charge < -0.3 is 10.1 Å². The lowest BCUT2D eigenvalue weighted by atomic mass is 10.0. The molecule has 0 aromatic carbocycles. The summed E-state index contributed by atoms with van der Waals surface area (Å²) in [5, 5.41) is 2.60. The number of esters is 1. The first kappa shape index (κ1) is 14.1. The number of nitrogens with zero attached hydrogens (tertiary/aromatic N) is 2. The Hall–Kier alpha value is -1.98. The van der Waals surface area contributed by atoms with Gasteiger partial charge in [0.1, 0.15) is 11.7 Å². The average Bonchev–Trinajstić information content (AvgIpc) is 2.37. The average molecular weight is 251 g/mol. The molecule has 1 aromatic heterocycles. The molecular formula is C12H17N3O3. The van der Waals surface area contributed by atoms with Crippen molar-refractivity contribution in [3.05, 3.63) is 24.3 Å². The maximum absolute atomic E-state index is 11.8. The van der Waals surface area contributed by atoms with Crippen LogP contribution in [0.25, 0.3) is 0 Å². The Bertz CT molecular complexity index is 406. The lowest BCUT2D eigenvalue weighted by Crippen LogP contribution is -2.42. The number of amides is 1. The van der Waals surface area contributed by atoms with Crippen LogP contribution < -0.4 is 5.32 Å². The molecule has 98 valence electrons. The highest BCUT2D eigenvalue weighted by Gasteiger charge is 2.23. The quantitative estimate of drug-likeness (QED) is 0.783. The highest BCUT2D eigenvalue weighted by molar-refractivity contribution is 5.94. The van der Waals surface area contributed by atoms with E-state index in [1.807, 2.05) is 13.8 Å². The molecule has 1 unspecified atom stereocenters. The summed E-state index contributed by atoms with van der Waals surface area (Å²) in [6, 6.07) is -0.662. The number of hydrogen-bond donors (Lipinski definition) is 1. The van der Waals surface area contributed by atoms with Gasteiger partial charge in [0.25, 0.3) is 5.91 Å². The third kappa shape index (κ3) is 4.12. The molecule has 0 aliphatic rings. The minimum atomic E-state index is -0.662. The van der Waals surface area contributed by atoms with Gasteiger partial charge in [-0.15, -0.1) is 0 Å². The number of methoxy groups -OCH3 is 1. The summed E-state index contributed by atoms with van der Waals surface area (Å²) in [5.41, 5.74) is 0.176. The van der Waals surface area contributed by atoms with Crippen molar-refractivity contribution in [2.75, 3.05) is 7.11 Å². The number of rotatable bonds is 5. The lowest BCUT2D eigenvalue weighted by Gasteiger charge is -2.17. The molecule has 0 aliphatic heterocycles. The van der Waals surface area contributed by atoms with E-state index in [1.54, 1.807) is 0 Å². The predicted octanol–water partition coefficient (Wildman–Crippen LogP) is 0.794. The summed E-state index contributed by atoms with van der Waals surface area (Å²) in [4.78, 5) is 31.0. The van der Waals surface area contributed by atoms with Crippen molar-refractivity contribution in [3.8, 4) is 0 Å². The topological polar surface area (TPSA) is 81.2 Å². The third-order valence-electron chi connectivity index (χ3n) is 2.29. The van der Waals surface area contributed by atoms with Crippen LogP contribution in [0.5, 0.6) is 0 Å². The summed E-state index contributed by atoms with van der Waals surface area (Å²) in [6.07, 6.45) is 4.75. The van der Waals surface area contributed by atoms with E-state index >= 15 is 0 Å². The molecule has 0 aliphatic carbocycles. The summed E-state index contributed by atoms with van der Waals surface area (Å²) in [6.45, 7) is 3.93. The molecule has 0 spiro atoms. The summed E-state index contributed by atoms with van der Waals surface area (Å²) in [5.74, 6) is -0.628. The van der Waals surface area contributed by atoms with E-state index in [2.05, 4.69) is 20.0 Å². The third-order valence-corrected chi connectivity index (χ3v) is 2.29. The molecule has 1 amide bonds.